The Kier molecular flexibility index (Phi) is 5.63. The highest BCUT2D eigenvalue weighted by molar-refractivity contribution is 5.93. The molecular weight excluding hydrogens is 499 g/mol. The van der Waals surface area contributed by atoms with Crippen LogP contribution in [0.5, 0.6) is 0 Å². The third kappa shape index (κ3) is 3.77. The van der Waals surface area contributed by atoms with Gasteiger partial charge in [-0.05, 0) is 84.0 Å². The first-order chi connectivity index (χ1) is 19.4. The number of carbonyl (C=O) groups excluding carboxylic acids is 1. The second kappa shape index (κ2) is 9.12. The maximum absolute atomic E-state index is 13.7. The van der Waals surface area contributed by atoms with E-state index < -0.39 is 0 Å². The summed E-state index contributed by atoms with van der Waals surface area (Å²) in [6.07, 6.45) is 1.88. The van der Waals surface area contributed by atoms with Gasteiger partial charge in [0.25, 0.3) is 5.91 Å². The van der Waals surface area contributed by atoms with Crippen molar-refractivity contribution in [3.8, 4) is 5.69 Å². The molecule has 3 heterocycles. The van der Waals surface area contributed by atoms with Crippen LogP contribution in [-0.2, 0) is 5.41 Å². The average molecular weight is 531 g/mol. The quantitative estimate of drug-likeness (QED) is 0.251. The smallest absolute Gasteiger partial charge is 0.272 e. The zero-order valence-corrected chi connectivity index (χ0v) is 22.9. The van der Waals surface area contributed by atoms with Crippen molar-refractivity contribution >= 4 is 16.8 Å². The van der Waals surface area contributed by atoms with Crippen molar-refractivity contribution in [2.24, 2.45) is 5.92 Å². The second-order valence-corrected chi connectivity index (χ2v) is 11.6. The lowest BCUT2D eigenvalue weighted by Gasteiger charge is -2.26. The molecule has 7 rings (SSSR count). The highest BCUT2D eigenvalue weighted by atomic mass is 19.1. The summed E-state index contributed by atoms with van der Waals surface area (Å²) in [5.41, 5.74) is 6.87. The van der Waals surface area contributed by atoms with E-state index in [0.717, 1.165) is 22.3 Å². The van der Waals surface area contributed by atoms with Crippen LogP contribution in [0.4, 0.5) is 4.39 Å². The number of benzene rings is 3. The molecule has 40 heavy (non-hydrogen) atoms. The number of amides is 1. The normalized spacial score (nSPS) is 21.7. The number of hydrogen-bond acceptors (Lipinski definition) is 3. The third-order valence-corrected chi connectivity index (χ3v) is 8.89. The molecule has 1 saturated heterocycles. The van der Waals surface area contributed by atoms with Gasteiger partial charge in [-0.3, -0.25) is 4.79 Å². The van der Waals surface area contributed by atoms with Gasteiger partial charge in [0.2, 0.25) is 0 Å². The molecule has 0 bridgehead atoms. The van der Waals surface area contributed by atoms with E-state index in [-0.39, 0.29) is 23.1 Å². The van der Waals surface area contributed by atoms with Crippen LogP contribution in [0.25, 0.3) is 16.6 Å². The zero-order chi connectivity index (χ0) is 27.6. The first-order valence-corrected chi connectivity index (χ1v) is 13.9. The Morgan fingerprint density at radius 3 is 2.52 bits per heavy atom. The lowest BCUT2D eigenvalue weighted by atomic mass is 9.86. The monoisotopic (exact) mass is 530 g/mol. The summed E-state index contributed by atoms with van der Waals surface area (Å²) in [7, 11) is 0. The third-order valence-electron chi connectivity index (χ3n) is 8.89. The summed E-state index contributed by atoms with van der Waals surface area (Å²) in [5, 5.41) is 5.68. The molecule has 200 valence electrons. The standard InChI is InChI=1S/C34H31FN4O/c1-21(2)29-10-7-11-30(37-29)33(40)38-19-28-32(23-8-5-4-6-9-23)34(28,20-38)27-17-24-18-36-39(31(24)16-22(27)3)26-14-12-25(35)13-15-26/h4-18,21,28,32H,19-20H2,1-3H3/t28-,32-,34+/m0/s1. The highest BCUT2D eigenvalue weighted by Gasteiger charge is 2.71. The van der Waals surface area contributed by atoms with Gasteiger partial charge in [0.15, 0.2) is 0 Å². The van der Waals surface area contributed by atoms with E-state index in [1.54, 1.807) is 12.1 Å². The summed E-state index contributed by atoms with van der Waals surface area (Å²) in [6, 6.07) is 27.3. The van der Waals surface area contributed by atoms with E-state index in [4.69, 9.17) is 4.98 Å². The summed E-state index contributed by atoms with van der Waals surface area (Å²) >= 11 is 0. The number of pyridine rings is 1. The zero-order valence-electron chi connectivity index (χ0n) is 22.9. The Bertz CT molecular complexity index is 1740. The van der Waals surface area contributed by atoms with Gasteiger partial charge >= 0.3 is 0 Å². The summed E-state index contributed by atoms with van der Waals surface area (Å²) in [4.78, 5) is 20.4. The summed E-state index contributed by atoms with van der Waals surface area (Å²) in [5.74, 6) is 0.671. The van der Waals surface area contributed by atoms with Crippen molar-refractivity contribution in [3.05, 3.63) is 125 Å². The molecule has 5 aromatic rings. The van der Waals surface area contributed by atoms with Crippen molar-refractivity contribution in [3.63, 3.8) is 0 Å². The SMILES string of the molecule is Cc1cc2c(cnn2-c2ccc(F)cc2)cc1[C@]12CN(C(=O)c3cccc(C(C)C)n3)C[C@H]1[C@@H]2c1ccccc1. The van der Waals surface area contributed by atoms with Crippen molar-refractivity contribution in [1.29, 1.82) is 0 Å². The lowest BCUT2D eigenvalue weighted by molar-refractivity contribution is 0.0763. The van der Waals surface area contributed by atoms with E-state index in [1.165, 1.54) is 28.8 Å². The van der Waals surface area contributed by atoms with Crippen LogP contribution in [0.15, 0.2) is 91.1 Å². The van der Waals surface area contributed by atoms with Gasteiger partial charge in [0.05, 0.1) is 17.4 Å². The van der Waals surface area contributed by atoms with Crippen LogP contribution >= 0.6 is 0 Å². The molecule has 0 spiro atoms. The molecule has 2 aliphatic rings. The number of nitrogens with zero attached hydrogens (tertiary/aromatic N) is 4. The van der Waals surface area contributed by atoms with Crippen molar-refractivity contribution in [1.82, 2.24) is 19.7 Å². The van der Waals surface area contributed by atoms with Crippen LogP contribution in [0, 0.1) is 18.7 Å². The van der Waals surface area contributed by atoms with Crippen LogP contribution in [-0.4, -0.2) is 38.7 Å². The second-order valence-electron chi connectivity index (χ2n) is 11.6. The number of halogens is 1. The van der Waals surface area contributed by atoms with E-state index in [1.807, 2.05) is 34.0 Å². The predicted molar refractivity (Wildman–Crippen MR) is 154 cm³/mol. The Balaban J connectivity index is 1.28. The first-order valence-electron chi connectivity index (χ1n) is 13.9. The minimum atomic E-state index is -0.268. The van der Waals surface area contributed by atoms with Crippen molar-refractivity contribution in [2.45, 2.75) is 38.0 Å². The molecule has 1 aliphatic heterocycles. The molecule has 2 aromatic heterocycles. The number of hydrogen-bond donors (Lipinski definition) is 0. The fraction of sp³-hybridized carbons (Fsp3) is 0.265. The minimum Gasteiger partial charge on any atom is -0.336 e. The molecule has 6 heteroatoms. The van der Waals surface area contributed by atoms with Gasteiger partial charge in [-0.25, -0.2) is 14.1 Å². The molecule has 2 fully saturated rings. The van der Waals surface area contributed by atoms with Crippen molar-refractivity contribution < 1.29 is 9.18 Å². The average Bonchev–Trinajstić information content (AvgIpc) is 3.22. The first kappa shape index (κ1) is 24.7. The van der Waals surface area contributed by atoms with Gasteiger partial charge < -0.3 is 4.90 Å². The van der Waals surface area contributed by atoms with Crippen LogP contribution in [0.2, 0.25) is 0 Å². The maximum atomic E-state index is 13.7. The van der Waals surface area contributed by atoms with Gasteiger partial charge in [-0.1, -0.05) is 50.2 Å². The highest BCUT2D eigenvalue weighted by Crippen LogP contribution is 2.69. The molecule has 0 N–H and O–H groups in total. The Morgan fingerprint density at radius 2 is 1.77 bits per heavy atom. The Labute approximate surface area is 233 Å². The topological polar surface area (TPSA) is 51.0 Å². The van der Waals surface area contributed by atoms with Crippen LogP contribution in [0.1, 0.15) is 58.6 Å². The number of carbonyl (C=O) groups is 1. The van der Waals surface area contributed by atoms with Gasteiger partial charge in [-0.15, -0.1) is 0 Å². The van der Waals surface area contributed by atoms with E-state index in [0.29, 0.717) is 30.6 Å². The number of aryl methyl sites for hydroxylation is 1. The molecule has 0 radical (unpaired) electrons. The van der Waals surface area contributed by atoms with Crippen LogP contribution < -0.4 is 0 Å². The molecule has 1 amide bonds. The van der Waals surface area contributed by atoms with Gasteiger partial charge in [-0.2, -0.15) is 5.10 Å². The lowest BCUT2D eigenvalue weighted by Crippen LogP contribution is -2.35. The number of likely N-dealkylation sites (tertiary alicyclic amines) is 1. The largest absolute Gasteiger partial charge is 0.336 e. The molecule has 0 unspecified atom stereocenters. The molecular formula is C34H31FN4O. The molecule has 1 saturated carbocycles. The molecule has 1 aliphatic carbocycles. The molecule has 5 nitrogen and oxygen atoms in total. The van der Waals surface area contributed by atoms with Gasteiger partial charge in [0.1, 0.15) is 11.5 Å². The van der Waals surface area contributed by atoms with E-state index in [9.17, 15) is 9.18 Å². The fourth-order valence-corrected chi connectivity index (χ4v) is 6.94. The summed E-state index contributed by atoms with van der Waals surface area (Å²) < 4.78 is 15.4. The van der Waals surface area contributed by atoms with E-state index in [2.05, 4.69) is 68.3 Å². The fourth-order valence-electron chi connectivity index (χ4n) is 6.94. The predicted octanol–water partition coefficient (Wildman–Crippen LogP) is 6.80. The van der Waals surface area contributed by atoms with E-state index >= 15 is 0 Å². The number of rotatable bonds is 5. The maximum Gasteiger partial charge on any atom is 0.272 e. The number of piperidine rings is 1. The number of fused-ring (bicyclic) bond motifs is 2. The van der Waals surface area contributed by atoms with Gasteiger partial charge in [0, 0.05) is 35.5 Å². The van der Waals surface area contributed by atoms with Crippen molar-refractivity contribution in [2.75, 3.05) is 13.1 Å². The minimum absolute atomic E-state index is 0.00347. The Morgan fingerprint density at radius 1 is 1.00 bits per heavy atom. The number of aromatic nitrogens is 3. The Hall–Kier alpha value is -4.32. The summed E-state index contributed by atoms with van der Waals surface area (Å²) in [6.45, 7) is 7.71. The molecule has 3 atom stereocenters. The molecule has 3 aromatic carbocycles. The van der Waals surface area contributed by atoms with Crippen LogP contribution in [0.3, 0.4) is 0 Å².